The first kappa shape index (κ1) is 14.8. The highest BCUT2D eigenvalue weighted by Crippen LogP contribution is 2.37. The lowest BCUT2D eigenvalue weighted by Crippen LogP contribution is -2.45. The molecule has 1 aromatic rings. The van der Waals surface area contributed by atoms with Gasteiger partial charge in [-0.05, 0) is 40.0 Å². The van der Waals surface area contributed by atoms with Crippen LogP contribution in [0.25, 0.3) is 0 Å². The Morgan fingerprint density at radius 2 is 1.83 bits per heavy atom. The molecular formula is C14H24N2O2. The molecule has 1 rings (SSSR count). The average Bonchev–Trinajstić information content (AvgIpc) is 2.28. The largest absolute Gasteiger partial charge is 0.496 e. The fourth-order valence-corrected chi connectivity index (χ4v) is 2.34. The average molecular weight is 252 g/mol. The third-order valence-electron chi connectivity index (χ3n) is 3.15. The fraction of sp³-hybridized carbons (Fsp3) is 0.571. The highest BCUT2D eigenvalue weighted by molar-refractivity contribution is 5.51. The van der Waals surface area contributed by atoms with E-state index in [1.165, 1.54) is 0 Å². The van der Waals surface area contributed by atoms with Crippen LogP contribution in [0.15, 0.2) is 12.1 Å². The minimum Gasteiger partial charge on any atom is -0.496 e. The molecule has 0 saturated heterocycles. The molecule has 1 atom stereocenters. The molecule has 0 radical (unpaired) electrons. The summed E-state index contributed by atoms with van der Waals surface area (Å²) in [7, 11) is 5.23. The molecule has 0 aliphatic carbocycles. The summed E-state index contributed by atoms with van der Waals surface area (Å²) in [6.07, 6.45) is 0. The summed E-state index contributed by atoms with van der Waals surface area (Å²) in [4.78, 5) is 0. The second-order valence-corrected chi connectivity index (χ2v) is 5.06. The predicted octanol–water partition coefficient (Wildman–Crippen LogP) is 2.01. The summed E-state index contributed by atoms with van der Waals surface area (Å²) in [5.41, 5.74) is 7.87. The van der Waals surface area contributed by atoms with E-state index >= 15 is 0 Å². The Morgan fingerprint density at radius 1 is 1.22 bits per heavy atom. The van der Waals surface area contributed by atoms with E-state index in [1.807, 2.05) is 40.0 Å². The summed E-state index contributed by atoms with van der Waals surface area (Å²) in [6, 6.07) is 3.96. The zero-order valence-electron chi connectivity index (χ0n) is 12.1. The lowest BCUT2D eigenvalue weighted by Gasteiger charge is -2.32. The summed E-state index contributed by atoms with van der Waals surface area (Å²) < 4.78 is 10.8. The molecule has 18 heavy (non-hydrogen) atoms. The van der Waals surface area contributed by atoms with Crippen LogP contribution in [0.5, 0.6) is 11.5 Å². The zero-order valence-corrected chi connectivity index (χ0v) is 12.1. The van der Waals surface area contributed by atoms with Crippen LogP contribution in [0.2, 0.25) is 0 Å². The van der Waals surface area contributed by atoms with Gasteiger partial charge in [-0.25, -0.2) is 0 Å². The van der Waals surface area contributed by atoms with Gasteiger partial charge in [0, 0.05) is 16.7 Å². The van der Waals surface area contributed by atoms with Gasteiger partial charge in [-0.3, -0.25) is 0 Å². The van der Waals surface area contributed by atoms with Gasteiger partial charge in [0.1, 0.15) is 11.5 Å². The molecule has 0 heterocycles. The molecule has 4 heteroatoms. The SMILES string of the molecule is CNC(c1ccc(OC)c(C)c1OC)C(C)(C)N. The van der Waals surface area contributed by atoms with Crippen molar-refractivity contribution < 1.29 is 9.47 Å². The van der Waals surface area contributed by atoms with E-state index in [0.29, 0.717) is 0 Å². The van der Waals surface area contributed by atoms with Crippen molar-refractivity contribution in [3.05, 3.63) is 23.3 Å². The normalized spacial score (nSPS) is 13.3. The van der Waals surface area contributed by atoms with E-state index in [1.54, 1.807) is 14.2 Å². The number of rotatable bonds is 5. The van der Waals surface area contributed by atoms with E-state index in [9.17, 15) is 0 Å². The highest BCUT2D eigenvalue weighted by Gasteiger charge is 2.29. The van der Waals surface area contributed by atoms with Gasteiger partial charge in [-0.15, -0.1) is 0 Å². The number of benzene rings is 1. The Kier molecular flexibility index (Phi) is 4.59. The van der Waals surface area contributed by atoms with Crippen molar-refractivity contribution in [1.82, 2.24) is 5.32 Å². The van der Waals surface area contributed by atoms with E-state index in [4.69, 9.17) is 15.2 Å². The van der Waals surface area contributed by atoms with Crippen molar-refractivity contribution in [3.8, 4) is 11.5 Å². The molecule has 1 unspecified atom stereocenters. The topological polar surface area (TPSA) is 56.5 Å². The van der Waals surface area contributed by atoms with Gasteiger partial charge < -0.3 is 20.5 Å². The van der Waals surface area contributed by atoms with E-state index in [0.717, 1.165) is 22.6 Å². The van der Waals surface area contributed by atoms with Gasteiger partial charge in [0.2, 0.25) is 0 Å². The van der Waals surface area contributed by atoms with Crippen LogP contribution in [0, 0.1) is 6.92 Å². The van der Waals surface area contributed by atoms with Crippen LogP contribution in [0.4, 0.5) is 0 Å². The van der Waals surface area contributed by atoms with Crippen LogP contribution in [-0.2, 0) is 0 Å². The first-order chi connectivity index (χ1) is 8.36. The predicted molar refractivity (Wildman–Crippen MR) is 74.4 cm³/mol. The maximum absolute atomic E-state index is 6.22. The second kappa shape index (κ2) is 5.59. The Hall–Kier alpha value is -1.26. The number of hydrogen-bond acceptors (Lipinski definition) is 4. The quantitative estimate of drug-likeness (QED) is 0.841. The van der Waals surface area contributed by atoms with Crippen LogP contribution in [0.1, 0.15) is 31.0 Å². The molecule has 0 aliphatic rings. The van der Waals surface area contributed by atoms with Gasteiger partial charge >= 0.3 is 0 Å². The summed E-state index contributed by atoms with van der Waals surface area (Å²) in [6.45, 7) is 5.97. The lowest BCUT2D eigenvalue weighted by molar-refractivity contribution is 0.341. The van der Waals surface area contributed by atoms with E-state index < -0.39 is 0 Å². The van der Waals surface area contributed by atoms with Crippen molar-refractivity contribution in [2.45, 2.75) is 32.4 Å². The molecule has 0 aromatic heterocycles. The number of hydrogen-bond donors (Lipinski definition) is 2. The van der Waals surface area contributed by atoms with Gasteiger partial charge in [0.05, 0.1) is 20.3 Å². The molecule has 3 N–H and O–H groups in total. The molecule has 102 valence electrons. The van der Waals surface area contributed by atoms with Crippen molar-refractivity contribution in [2.24, 2.45) is 5.73 Å². The maximum atomic E-state index is 6.22. The number of methoxy groups -OCH3 is 2. The highest BCUT2D eigenvalue weighted by atomic mass is 16.5. The molecule has 0 amide bonds. The van der Waals surface area contributed by atoms with Gasteiger partial charge in [0.25, 0.3) is 0 Å². The van der Waals surface area contributed by atoms with Crippen molar-refractivity contribution in [1.29, 1.82) is 0 Å². The minimum absolute atomic E-state index is 0.0112. The molecule has 0 spiro atoms. The third kappa shape index (κ3) is 2.76. The lowest BCUT2D eigenvalue weighted by atomic mass is 9.88. The van der Waals surface area contributed by atoms with Crippen LogP contribution >= 0.6 is 0 Å². The number of ether oxygens (including phenoxy) is 2. The molecule has 0 saturated carbocycles. The number of likely N-dealkylation sites (N-methyl/N-ethyl adjacent to an activating group) is 1. The van der Waals surface area contributed by atoms with Crippen molar-refractivity contribution >= 4 is 0 Å². The first-order valence-electron chi connectivity index (χ1n) is 6.04. The summed E-state index contributed by atoms with van der Waals surface area (Å²) in [5.74, 6) is 1.65. The standard InChI is InChI=1S/C14H24N2O2/c1-9-11(17-5)8-7-10(12(9)18-6)13(16-4)14(2,3)15/h7-8,13,16H,15H2,1-6H3. The number of nitrogens with two attached hydrogens (primary N) is 1. The van der Waals surface area contributed by atoms with Gasteiger partial charge in [-0.1, -0.05) is 0 Å². The Morgan fingerprint density at radius 3 is 2.22 bits per heavy atom. The third-order valence-corrected chi connectivity index (χ3v) is 3.15. The Labute approximate surface area is 109 Å². The zero-order chi connectivity index (χ0) is 13.9. The Bertz CT molecular complexity index is 411. The minimum atomic E-state index is -0.386. The van der Waals surface area contributed by atoms with E-state index in [2.05, 4.69) is 5.32 Å². The molecular weight excluding hydrogens is 228 g/mol. The first-order valence-corrected chi connectivity index (χ1v) is 6.04. The van der Waals surface area contributed by atoms with Crippen LogP contribution < -0.4 is 20.5 Å². The number of nitrogens with one attached hydrogen (secondary N) is 1. The fourth-order valence-electron chi connectivity index (χ4n) is 2.34. The monoisotopic (exact) mass is 252 g/mol. The molecule has 1 aromatic carbocycles. The second-order valence-electron chi connectivity index (χ2n) is 5.06. The summed E-state index contributed by atoms with van der Waals surface area (Å²) >= 11 is 0. The summed E-state index contributed by atoms with van der Waals surface area (Å²) in [5, 5.41) is 3.25. The van der Waals surface area contributed by atoms with E-state index in [-0.39, 0.29) is 11.6 Å². The van der Waals surface area contributed by atoms with Gasteiger partial charge in [0.15, 0.2) is 0 Å². The Balaban J connectivity index is 3.36. The molecule has 0 aliphatic heterocycles. The smallest absolute Gasteiger partial charge is 0.130 e. The van der Waals surface area contributed by atoms with Gasteiger partial charge in [-0.2, -0.15) is 0 Å². The van der Waals surface area contributed by atoms with Crippen molar-refractivity contribution in [2.75, 3.05) is 21.3 Å². The molecule has 0 fully saturated rings. The maximum Gasteiger partial charge on any atom is 0.130 e. The van der Waals surface area contributed by atoms with Crippen LogP contribution in [0.3, 0.4) is 0 Å². The van der Waals surface area contributed by atoms with Crippen molar-refractivity contribution in [3.63, 3.8) is 0 Å². The van der Waals surface area contributed by atoms with Crippen LogP contribution in [-0.4, -0.2) is 26.8 Å². The molecule has 4 nitrogen and oxygen atoms in total. The molecule has 0 bridgehead atoms.